The number of ketones is 1. The van der Waals surface area contributed by atoms with Crippen LogP contribution in [0.5, 0.6) is 0 Å². The fourth-order valence-electron chi connectivity index (χ4n) is 7.45. The molecule has 29 heavy (non-hydrogen) atoms. The number of nitroso groups, excluding NO2 is 1. The van der Waals surface area contributed by atoms with Gasteiger partial charge in [-0.2, -0.15) is 4.91 Å². The molecule has 0 saturated heterocycles. The van der Waals surface area contributed by atoms with Crippen molar-refractivity contribution in [3.63, 3.8) is 0 Å². The third-order valence-corrected chi connectivity index (χ3v) is 9.22. The zero-order valence-corrected chi connectivity index (χ0v) is 18.3. The van der Waals surface area contributed by atoms with Gasteiger partial charge in [0.2, 0.25) is 0 Å². The summed E-state index contributed by atoms with van der Waals surface area (Å²) in [5.41, 5.74) is 1.16. The van der Waals surface area contributed by atoms with Gasteiger partial charge in [0.25, 0.3) is 0 Å². The zero-order chi connectivity index (χ0) is 20.6. The van der Waals surface area contributed by atoms with Crippen LogP contribution in [0.25, 0.3) is 0 Å². The van der Waals surface area contributed by atoms with Gasteiger partial charge in [0.05, 0.1) is 11.8 Å². The molecule has 0 amide bonds. The Kier molecular flexibility index (Phi) is 5.84. The molecule has 0 aromatic heterocycles. The predicted molar refractivity (Wildman–Crippen MR) is 114 cm³/mol. The number of Topliss-reactive ketones (excluding diaryl/α,β-unsaturated/α-hetero) is 1. The van der Waals surface area contributed by atoms with Gasteiger partial charge in [-0.25, -0.2) is 0 Å². The second-order valence-corrected chi connectivity index (χ2v) is 10.5. The highest BCUT2D eigenvalue weighted by Gasteiger charge is 2.63. The monoisotopic (exact) mass is 403 g/mol. The standard InChI is InChI=1S/C23H37N3O3/c1-22-9-7-16(26-29-12-4-11-24-3)13-15(22)14-19(25-28)21-17-5-6-20(27)23(17,2)10-8-18(21)22/h15,17-19,21,24H,4-14H2,1-3H3/t15?,17-,18-,19?,21-,22-,23-/m0/s1. The van der Waals surface area contributed by atoms with Crippen molar-refractivity contribution in [1.82, 2.24) is 5.32 Å². The maximum atomic E-state index is 12.6. The van der Waals surface area contributed by atoms with E-state index in [4.69, 9.17) is 4.84 Å². The van der Waals surface area contributed by atoms with Gasteiger partial charge in [-0.05, 0) is 94.0 Å². The van der Waals surface area contributed by atoms with E-state index in [0.29, 0.717) is 36.6 Å². The molecule has 4 aliphatic rings. The normalized spacial score (nSPS) is 45.4. The fourth-order valence-corrected chi connectivity index (χ4v) is 7.45. The maximum absolute atomic E-state index is 12.6. The number of oxime groups is 1. The number of hydrogen-bond acceptors (Lipinski definition) is 6. The molecule has 0 spiro atoms. The summed E-state index contributed by atoms with van der Waals surface area (Å²) in [4.78, 5) is 30.1. The summed E-state index contributed by atoms with van der Waals surface area (Å²) < 4.78 is 0. The molecule has 4 fully saturated rings. The van der Waals surface area contributed by atoms with Crippen LogP contribution in [0.4, 0.5) is 0 Å². The average molecular weight is 404 g/mol. The van der Waals surface area contributed by atoms with Gasteiger partial charge in [-0.1, -0.05) is 24.2 Å². The van der Waals surface area contributed by atoms with E-state index in [9.17, 15) is 9.70 Å². The number of rotatable bonds is 6. The summed E-state index contributed by atoms with van der Waals surface area (Å²) in [7, 11) is 1.94. The number of nitrogens with one attached hydrogen (secondary N) is 1. The van der Waals surface area contributed by atoms with Crippen LogP contribution in [0.15, 0.2) is 10.3 Å². The van der Waals surface area contributed by atoms with Crippen molar-refractivity contribution >= 4 is 11.5 Å². The first kappa shape index (κ1) is 21.0. The van der Waals surface area contributed by atoms with Crippen LogP contribution >= 0.6 is 0 Å². The van der Waals surface area contributed by atoms with E-state index in [2.05, 4.69) is 29.5 Å². The minimum absolute atomic E-state index is 0.149. The Morgan fingerprint density at radius 2 is 2.00 bits per heavy atom. The summed E-state index contributed by atoms with van der Waals surface area (Å²) in [5, 5.41) is 11.2. The smallest absolute Gasteiger partial charge is 0.139 e. The maximum Gasteiger partial charge on any atom is 0.139 e. The topological polar surface area (TPSA) is 80.1 Å². The van der Waals surface area contributed by atoms with Gasteiger partial charge in [0.1, 0.15) is 12.4 Å². The van der Waals surface area contributed by atoms with E-state index in [1.165, 1.54) is 0 Å². The quantitative estimate of drug-likeness (QED) is 0.407. The molecule has 7 atom stereocenters. The molecule has 0 heterocycles. The van der Waals surface area contributed by atoms with Gasteiger partial charge < -0.3 is 10.2 Å². The van der Waals surface area contributed by atoms with Crippen molar-refractivity contribution in [2.24, 2.45) is 44.8 Å². The molecule has 0 aromatic rings. The van der Waals surface area contributed by atoms with Crippen molar-refractivity contribution in [3.8, 4) is 0 Å². The molecule has 0 radical (unpaired) electrons. The van der Waals surface area contributed by atoms with Crippen LogP contribution < -0.4 is 5.32 Å². The first-order valence-electron chi connectivity index (χ1n) is 11.6. The van der Waals surface area contributed by atoms with Crippen molar-refractivity contribution in [3.05, 3.63) is 4.91 Å². The molecule has 6 heteroatoms. The predicted octanol–water partition coefficient (Wildman–Crippen LogP) is 4.33. The largest absolute Gasteiger partial charge is 0.396 e. The van der Waals surface area contributed by atoms with Gasteiger partial charge >= 0.3 is 0 Å². The third-order valence-electron chi connectivity index (χ3n) is 9.22. The number of hydrogen-bond donors (Lipinski definition) is 1. The van der Waals surface area contributed by atoms with Crippen LogP contribution in [0.2, 0.25) is 0 Å². The summed E-state index contributed by atoms with van der Waals surface area (Å²) in [5.74, 6) is 2.01. The van der Waals surface area contributed by atoms with Crippen molar-refractivity contribution in [2.75, 3.05) is 20.2 Å². The van der Waals surface area contributed by atoms with Crippen LogP contribution in [0, 0.1) is 39.4 Å². The summed E-state index contributed by atoms with van der Waals surface area (Å²) in [6, 6.07) is -0.149. The Bertz CT molecular complexity index is 680. The van der Waals surface area contributed by atoms with E-state index < -0.39 is 0 Å². The van der Waals surface area contributed by atoms with Gasteiger partial charge in [-0.15, -0.1) is 0 Å². The highest BCUT2D eigenvalue weighted by atomic mass is 16.6. The minimum atomic E-state index is -0.213. The van der Waals surface area contributed by atoms with Crippen LogP contribution in [0.1, 0.15) is 71.6 Å². The molecule has 2 unspecified atom stereocenters. The lowest BCUT2D eigenvalue weighted by molar-refractivity contribution is -0.138. The lowest BCUT2D eigenvalue weighted by Crippen LogP contribution is -2.57. The second-order valence-electron chi connectivity index (χ2n) is 10.5. The first-order valence-corrected chi connectivity index (χ1v) is 11.6. The number of nitrogens with zero attached hydrogens (tertiary/aromatic N) is 2. The Labute approximate surface area is 174 Å². The number of carbonyl (C=O) groups is 1. The Hall–Kier alpha value is -1.30. The molecular formula is C23H37N3O3. The molecule has 4 saturated carbocycles. The highest BCUT2D eigenvalue weighted by molar-refractivity contribution is 5.87. The third kappa shape index (κ3) is 3.45. The van der Waals surface area contributed by atoms with Crippen molar-refractivity contribution < 1.29 is 9.63 Å². The molecule has 4 aliphatic carbocycles. The van der Waals surface area contributed by atoms with Crippen molar-refractivity contribution in [1.29, 1.82) is 0 Å². The second kappa shape index (κ2) is 8.09. The van der Waals surface area contributed by atoms with Gasteiger partial charge in [0, 0.05) is 11.8 Å². The summed E-state index contributed by atoms with van der Waals surface area (Å²) in [6.45, 7) is 6.19. The SMILES string of the molecule is CNCCCON=C1CC[C@@]2(C)C(C1)CC(N=O)[C@@H]1[C@@H]2CC[C@]2(C)C(=O)CC[C@@H]12. The zero-order valence-electron chi connectivity index (χ0n) is 18.3. The van der Waals surface area contributed by atoms with Crippen molar-refractivity contribution in [2.45, 2.75) is 77.7 Å². The first-order chi connectivity index (χ1) is 13.9. The average Bonchev–Trinajstić information content (AvgIpc) is 3.02. The van der Waals surface area contributed by atoms with E-state index >= 15 is 0 Å². The van der Waals surface area contributed by atoms with E-state index in [1.54, 1.807) is 0 Å². The molecule has 0 bridgehead atoms. The van der Waals surface area contributed by atoms with Crippen LogP contribution in [0.3, 0.4) is 0 Å². The molecule has 0 aromatic carbocycles. The van der Waals surface area contributed by atoms with E-state index in [1.807, 2.05) is 7.05 Å². The fraction of sp³-hybridized carbons (Fsp3) is 0.913. The van der Waals surface area contributed by atoms with E-state index in [0.717, 1.165) is 63.6 Å². The summed E-state index contributed by atoms with van der Waals surface area (Å²) in [6.07, 6.45) is 8.53. The van der Waals surface area contributed by atoms with E-state index in [-0.39, 0.29) is 22.8 Å². The molecule has 162 valence electrons. The minimum Gasteiger partial charge on any atom is -0.396 e. The molecule has 1 N–H and O–H groups in total. The number of carbonyl (C=O) groups excluding carboxylic acids is 1. The number of fused-ring (bicyclic) bond motifs is 5. The Balaban J connectivity index is 1.50. The Morgan fingerprint density at radius 3 is 2.76 bits per heavy atom. The van der Waals surface area contributed by atoms with Gasteiger partial charge in [-0.3, -0.25) is 4.79 Å². The summed E-state index contributed by atoms with van der Waals surface area (Å²) >= 11 is 0. The molecule has 0 aliphatic heterocycles. The molecule has 6 nitrogen and oxygen atoms in total. The lowest BCUT2D eigenvalue weighted by atomic mass is 9.44. The lowest BCUT2D eigenvalue weighted by Gasteiger charge is -2.60. The Morgan fingerprint density at radius 1 is 1.17 bits per heavy atom. The van der Waals surface area contributed by atoms with Crippen LogP contribution in [-0.4, -0.2) is 37.7 Å². The highest BCUT2D eigenvalue weighted by Crippen LogP contribution is 2.65. The molecule has 4 rings (SSSR count). The molecular weight excluding hydrogens is 366 g/mol. The van der Waals surface area contributed by atoms with Gasteiger partial charge in [0.15, 0.2) is 0 Å². The van der Waals surface area contributed by atoms with Crippen LogP contribution in [-0.2, 0) is 9.63 Å².